The van der Waals surface area contributed by atoms with E-state index in [0.29, 0.717) is 18.0 Å². The van der Waals surface area contributed by atoms with E-state index in [1.807, 2.05) is 36.4 Å². The summed E-state index contributed by atoms with van der Waals surface area (Å²) in [5.74, 6) is 0.578. The van der Waals surface area contributed by atoms with Crippen molar-refractivity contribution in [1.82, 2.24) is 0 Å². The minimum atomic E-state index is 0. The molecule has 0 aliphatic carbocycles. The number of nitrogens with zero attached hydrogens (tertiary/aromatic N) is 2. The summed E-state index contributed by atoms with van der Waals surface area (Å²) in [6.45, 7) is 0.466. The van der Waals surface area contributed by atoms with Crippen molar-refractivity contribution >= 4 is 5.69 Å². The fourth-order valence-corrected chi connectivity index (χ4v) is 1.40. The first-order valence-corrected chi connectivity index (χ1v) is 5.01. The molecule has 0 amide bonds. The number of hydrogen-bond donors (Lipinski definition) is 0. The minimum absolute atomic E-state index is 0. The standard InChI is InChI=1S/C13H11N2O.ClH/c14-15-12-8-4-5-9-13(12)16-10-11-6-2-1-3-7-11;/h1-9H,10H2;1H/q+1;/p-1. The monoisotopic (exact) mass is 246 g/mol. The molecule has 4 heteroatoms. The first-order chi connectivity index (χ1) is 7.90. The molecule has 2 aromatic rings. The van der Waals surface area contributed by atoms with Crippen LogP contribution in [-0.4, -0.2) is 0 Å². The Morgan fingerprint density at radius 1 is 0.941 bits per heavy atom. The highest BCUT2D eigenvalue weighted by Gasteiger charge is 2.12. The Hall–Kier alpha value is -2.05. The average Bonchev–Trinajstić information content (AvgIpc) is 2.38. The van der Waals surface area contributed by atoms with Crippen LogP contribution in [0.3, 0.4) is 0 Å². The van der Waals surface area contributed by atoms with E-state index in [1.54, 1.807) is 18.2 Å². The van der Waals surface area contributed by atoms with Crippen LogP contribution in [0, 0.1) is 5.39 Å². The third kappa shape index (κ3) is 3.47. The van der Waals surface area contributed by atoms with E-state index < -0.39 is 0 Å². The van der Waals surface area contributed by atoms with Gasteiger partial charge in [0.2, 0.25) is 11.1 Å². The van der Waals surface area contributed by atoms with Crippen molar-refractivity contribution in [3.8, 4) is 5.75 Å². The summed E-state index contributed by atoms with van der Waals surface area (Å²) < 4.78 is 5.56. The predicted octanol–water partition coefficient (Wildman–Crippen LogP) is 0.754. The summed E-state index contributed by atoms with van der Waals surface area (Å²) in [6.07, 6.45) is 0. The fraction of sp³-hybridized carbons (Fsp3) is 0.0769. The van der Waals surface area contributed by atoms with Crippen LogP contribution in [0.1, 0.15) is 5.56 Å². The number of benzene rings is 2. The Morgan fingerprint density at radius 2 is 1.59 bits per heavy atom. The van der Waals surface area contributed by atoms with Crippen LogP contribution in [0.2, 0.25) is 0 Å². The molecular weight excluding hydrogens is 236 g/mol. The van der Waals surface area contributed by atoms with Crippen molar-refractivity contribution in [2.24, 2.45) is 0 Å². The Labute approximate surface area is 106 Å². The van der Waals surface area contributed by atoms with E-state index in [2.05, 4.69) is 4.98 Å². The molecule has 0 spiro atoms. The Balaban J connectivity index is 0.00000144. The van der Waals surface area contributed by atoms with Gasteiger partial charge in [0.05, 0.1) is 0 Å². The molecule has 0 unspecified atom stereocenters. The molecule has 0 aliphatic rings. The van der Waals surface area contributed by atoms with Gasteiger partial charge in [0.1, 0.15) is 6.61 Å². The van der Waals surface area contributed by atoms with Crippen LogP contribution in [0.15, 0.2) is 54.6 Å². The van der Waals surface area contributed by atoms with Crippen molar-refractivity contribution in [2.75, 3.05) is 0 Å². The average molecular weight is 247 g/mol. The summed E-state index contributed by atoms with van der Waals surface area (Å²) in [5, 5.41) is 8.76. The molecule has 0 heterocycles. The van der Waals surface area contributed by atoms with Crippen LogP contribution in [-0.2, 0) is 6.61 Å². The van der Waals surface area contributed by atoms with Gasteiger partial charge in [-0.1, -0.05) is 42.5 Å². The van der Waals surface area contributed by atoms with Crippen molar-refractivity contribution in [3.63, 3.8) is 0 Å². The lowest BCUT2D eigenvalue weighted by Crippen LogP contribution is -3.00. The highest BCUT2D eigenvalue weighted by Crippen LogP contribution is 2.27. The largest absolute Gasteiger partial charge is 1.00 e. The normalized spacial score (nSPS) is 8.88. The topological polar surface area (TPSA) is 37.4 Å². The molecule has 0 atom stereocenters. The van der Waals surface area contributed by atoms with Crippen molar-refractivity contribution in [3.05, 3.63) is 65.1 Å². The Kier molecular flexibility index (Phi) is 4.99. The lowest BCUT2D eigenvalue weighted by atomic mass is 10.2. The lowest BCUT2D eigenvalue weighted by Gasteiger charge is -2.03. The molecule has 0 N–H and O–H groups in total. The SMILES string of the molecule is N#[N+]c1ccccc1OCc1ccccc1.[Cl-]. The number of rotatable bonds is 3. The van der Waals surface area contributed by atoms with Crippen LogP contribution >= 0.6 is 0 Å². The van der Waals surface area contributed by atoms with Gasteiger partial charge >= 0.3 is 5.69 Å². The van der Waals surface area contributed by atoms with E-state index >= 15 is 0 Å². The molecule has 3 nitrogen and oxygen atoms in total. The molecular formula is C13H11ClN2O. The fourth-order valence-electron chi connectivity index (χ4n) is 1.40. The number of ether oxygens (including phenoxy) is 1. The zero-order chi connectivity index (χ0) is 11.2. The minimum Gasteiger partial charge on any atom is -1.00 e. The molecule has 0 aromatic heterocycles. The van der Waals surface area contributed by atoms with Crippen LogP contribution in [0.5, 0.6) is 5.75 Å². The van der Waals surface area contributed by atoms with Gasteiger partial charge in [0.15, 0.2) is 4.98 Å². The summed E-state index contributed by atoms with van der Waals surface area (Å²) in [4.78, 5) is 3.16. The zero-order valence-electron chi connectivity index (χ0n) is 9.08. The van der Waals surface area contributed by atoms with Gasteiger partial charge in [-0.25, -0.2) is 0 Å². The van der Waals surface area contributed by atoms with Gasteiger partial charge in [0.25, 0.3) is 0 Å². The number of halogens is 1. The first-order valence-electron chi connectivity index (χ1n) is 5.01. The Morgan fingerprint density at radius 3 is 2.29 bits per heavy atom. The van der Waals surface area contributed by atoms with E-state index in [9.17, 15) is 0 Å². The summed E-state index contributed by atoms with van der Waals surface area (Å²) in [6, 6.07) is 17.0. The molecule has 2 aromatic carbocycles. The molecule has 2 rings (SSSR count). The molecule has 0 fully saturated rings. The maximum Gasteiger partial charge on any atom is 0.426 e. The number of diazo groups is 1. The van der Waals surface area contributed by atoms with E-state index in [1.165, 1.54) is 0 Å². The van der Waals surface area contributed by atoms with Gasteiger partial charge in [-0.3, -0.25) is 0 Å². The van der Waals surface area contributed by atoms with Crippen molar-refractivity contribution in [2.45, 2.75) is 6.61 Å². The van der Waals surface area contributed by atoms with E-state index in [0.717, 1.165) is 5.56 Å². The second kappa shape index (κ2) is 6.51. The highest BCUT2D eigenvalue weighted by atomic mass is 35.5. The van der Waals surface area contributed by atoms with E-state index in [-0.39, 0.29) is 12.4 Å². The van der Waals surface area contributed by atoms with Crippen LogP contribution < -0.4 is 17.1 Å². The highest BCUT2D eigenvalue weighted by molar-refractivity contribution is 5.56. The molecule has 0 saturated heterocycles. The van der Waals surface area contributed by atoms with Gasteiger partial charge in [-0.05, 0) is 11.6 Å². The maximum absolute atomic E-state index is 8.76. The second-order valence-corrected chi connectivity index (χ2v) is 3.34. The number of hydrogen-bond acceptors (Lipinski definition) is 2. The first kappa shape index (κ1) is 13.0. The zero-order valence-corrected chi connectivity index (χ0v) is 9.84. The number of para-hydroxylation sites is 1. The molecule has 0 aliphatic heterocycles. The molecule has 0 saturated carbocycles. The molecule has 17 heavy (non-hydrogen) atoms. The van der Waals surface area contributed by atoms with Crippen molar-refractivity contribution < 1.29 is 17.1 Å². The summed E-state index contributed by atoms with van der Waals surface area (Å²) >= 11 is 0. The third-order valence-corrected chi connectivity index (χ3v) is 2.21. The molecule has 0 radical (unpaired) electrons. The van der Waals surface area contributed by atoms with Crippen LogP contribution in [0.25, 0.3) is 4.98 Å². The Bertz CT molecular complexity index is 508. The third-order valence-electron chi connectivity index (χ3n) is 2.21. The van der Waals surface area contributed by atoms with Gasteiger partial charge in [-0.2, -0.15) is 0 Å². The van der Waals surface area contributed by atoms with Crippen molar-refractivity contribution in [1.29, 1.82) is 5.39 Å². The van der Waals surface area contributed by atoms with Gasteiger partial charge in [-0.15, -0.1) is 0 Å². The smallest absolute Gasteiger partial charge is 0.426 e. The van der Waals surface area contributed by atoms with Gasteiger partial charge in [0, 0.05) is 6.07 Å². The molecule has 0 bridgehead atoms. The second-order valence-electron chi connectivity index (χ2n) is 3.34. The maximum atomic E-state index is 8.76. The van der Waals surface area contributed by atoms with Gasteiger partial charge < -0.3 is 17.1 Å². The molecule has 86 valence electrons. The predicted molar refractivity (Wildman–Crippen MR) is 62.0 cm³/mol. The summed E-state index contributed by atoms with van der Waals surface area (Å²) in [5.41, 5.74) is 1.52. The quantitative estimate of drug-likeness (QED) is 0.750. The van der Waals surface area contributed by atoms with Crippen LogP contribution in [0.4, 0.5) is 5.69 Å². The lowest BCUT2D eigenvalue weighted by molar-refractivity contribution is -0.00000376. The van der Waals surface area contributed by atoms with E-state index in [4.69, 9.17) is 10.1 Å². The summed E-state index contributed by atoms with van der Waals surface area (Å²) in [7, 11) is 0.